The predicted octanol–water partition coefficient (Wildman–Crippen LogP) is 3.79. The first-order chi connectivity index (χ1) is 16.3. The zero-order valence-electron chi connectivity index (χ0n) is 18.8. The summed E-state index contributed by atoms with van der Waals surface area (Å²) in [6.45, 7) is 4.06. The Morgan fingerprint density at radius 3 is 2.47 bits per heavy atom. The average Bonchev–Trinajstić information content (AvgIpc) is 2.83. The van der Waals surface area contributed by atoms with Crippen LogP contribution in [0.2, 0.25) is 5.02 Å². The molecule has 9 heteroatoms. The van der Waals surface area contributed by atoms with Gasteiger partial charge in [-0.05, 0) is 37.1 Å². The average molecular weight is 486 g/mol. The number of aromatic carboxylic acids is 1. The molecule has 34 heavy (non-hydrogen) atoms. The van der Waals surface area contributed by atoms with Gasteiger partial charge in [0.05, 0.1) is 11.2 Å². The van der Waals surface area contributed by atoms with E-state index in [2.05, 4.69) is 0 Å². The number of nitrogens with zero attached hydrogens (tertiary/aromatic N) is 3. The highest BCUT2D eigenvalue weighted by atomic mass is 35.5. The van der Waals surface area contributed by atoms with Gasteiger partial charge in [0.15, 0.2) is 0 Å². The molecule has 1 saturated heterocycles. The molecule has 1 aromatic heterocycles. The summed E-state index contributed by atoms with van der Waals surface area (Å²) in [5.41, 5.74) is 0.659. The summed E-state index contributed by atoms with van der Waals surface area (Å²) in [4.78, 5) is 40.3. The highest BCUT2D eigenvalue weighted by Crippen LogP contribution is 2.27. The molecule has 0 saturated carbocycles. The Bertz CT molecular complexity index is 1320. The topological polar surface area (TPSA) is 82.8 Å². The van der Waals surface area contributed by atoms with Crippen molar-refractivity contribution in [2.45, 2.75) is 26.3 Å². The summed E-state index contributed by atoms with van der Waals surface area (Å²) in [6.07, 6.45) is 2.21. The van der Waals surface area contributed by atoms with Gasteiger partial charge >= 0.3 is 5.97 Å². The van der Waals surface area contributed by atoms with Crippen LogP contribution in [0.5, 0.6) is 0 Å². The van der Waals surface area contributed by atoms with Crippen LogP contribution in [0.3, 0.4) is 0 Å². The smallest absolute Gasteiger partial charge is 0.341 e. The van der Waals surface area contributed by atoms with Crippen LogP contribution in [0, 0.1) is 5.82 Å². The lowest BCUT2D eigenvalue weighted by Crippen LogP contribution is -2.49. The summed E-state index contributed by atoms with van der Waals surface area (Å²) in [6, 6.07) is 10.2. The van der Waals surface area contributed by atoms with Crippen LogP contribution in [-0.2, 0) is 17.8 Å². The SMILES string of the molecule is CCn1cc(C(=O)O)c(=O)c2cc(F)c(N3CCN(C(=O)CCc4ccccc4Cl)CC3)cc21. The third-order valence-electron chi connectivity index (χ3n) is 6.26. The highest BCUT2D eigenvalue weighted by molar-refractivity contribution is 6.31. The number of carbonyl (C=O) groups excluding carboxylic acids is 1. The Labute approximate surface area is 201 Å². The normalized spacial score (nSPS) is 14.0. The third-order valence-corrected chi connectivity index (χ3v) is 6.63. The molecule has 1 aliphatic heterocycles. The van der Waals surface area contributed by atoms with Gasteiger partial charge in [0, 0.05) is 55.8 Å². The zero-order chi connectivity index (χ0) is 24.4. The highest BCUT2D eigenvalue weighted by Gasteiger charge is 2.24. The van der Waals surface area contributed by atoms with Crippen LogP contribution in [0.15, 0.2) is 47.4 Å². The van der Waals surface area contributed by atoms with Crippen molar-refractivity contribution in [1.29, 1.82) is 0 Å². The van der Waals surface area contributed by atoms with Crippen molar-refractivity contribution in [2.24, 2.45) is 0 Å². The van der Waals surface area contributed by atoms with Crippen LogP contribution < -0.4 is 10.3 Å². The van der Waals surface area contributed by atoms with Crippen molar-refractivity contribution in [3.63, 3.8) is 0 Å². The predicted molar refractivity (Wildman–Crippen MR) is 129 cm³/mol. The largest absolute Gasteiger partial charge is 0.477 e. The second-order valence-electron chi connectivity index (χ2n) is 8.24. The Kier molecular flexibility index (Phi) is 6.88. The van der Waals surface area contributed by atoms with Crippen molar-refractivity contribution >= 4 is 40.1 Å². The number of carboxylic acid groups (broad SMARTS) is 1. The number of fused-ring (bicyclic) bond motifs is 1. The molecule has 1 amide bonds. The van der Waals surface area contributed by atoms with Crippen LogP contribution in [0.25, 0.3) is 10.9 Å². The Morgan fingerprint density at radius 2 is 1.82 bits per heavy atom. The Balaban J connectivity index is 1.49. The number of hydrogen-bond donors (Lipinski definition) is 1. The summed E-state index contributed by atoms with van der Waals surface area (Å²) in [7, 11) is 0. The minimum atomic E-state index is -1.34. The first-order valence-electron chi connectivity index (χ1n) is 11.2. The molecule has 4 rings (SSSR count). The van der Waals surface area contributed by atoms with Gasteiger partial charge in [0.25, 0.3) is 0 Å². The van der Waals surface area contributed by atoms with E-state index < -0.39 is 17.2 Å². The van der Waals surface area contributed by atoms with Crippen molar-refractivity contribution in [3.05, 3.63) is 74.8 Å². The molecule has 178 valence electrons. The molecule has 3 aromatic rings. The van der Waals surface area contributed by atoms with Crippen molar-refractivity contribution in [2.75, 3.05) is 31.1 Å². The lowest BCUT2D eigenvalue weighted by atomic mass is 10.1. The maximum Gasteiger partial charge on any atom is 0.341 e. The van der Waals surface area contributed by atoms with Gasteiger partial charge in [-0.2, -0.15) is 0 Å². The number of aromatic nitrogens is 1. The molecule has 1 aliphatic rings. The van der Waals surface area contributed by atoms with Crippen molar-refractivity contribution in [3.8, 4) is 0 Å². The Hall–Kier alpha value is -3.39. The van der Waals surface area contributed by atoms with E-state index in [1.807, 2.05) is 30.0 Å². The summed E-state index contributed by atoms with van der Waals surface area (Å²) in [5, 5.41) is 9.99. The fraction of sp³-hybridized carbons (Fsp3) is 0.320. The number of amides is 1. The number of carboxylic acids is 1. The number of benzene rings is 2. The van der Waals surface area contributed by atoms with E-state index >= 15 is 4.39 Å². The molecule has 0 spiro atoms. The van der Waals surface area contributed by atoms with E-state index in [9.17, 15) is 19.5 Å². The van der Waals surface area contributed by atoms with Gasteiger partial charge in [-0.15, -0.1) is 0 Å². The van der Waals surface area contributed by atoms with Gasteiger partial charge < -0.3 is 19.5 Å². The molecule has 2 heterocycles. The monoisotopic (exact) mass is 485 g/mol. The number of pyridine rings is 1. The standard InChI is InChI=1S/C25H25ClFN3O4/c1-2-28-15-18(25(33)34)24(32)17-13-20(27)22(14-21(17)28)29-9-11-30(12-10-29)23(31)8-7-16-5-3-4-6-19(16)26/h3-6,13-15H,2,7-12H2,1H3,(H,33,34). The fourth-order valence-corrected chi connectivity index (χ4v) is 4.58. The van der Waals surface area contributed by atoms with Gasteiger partial charge in [0.2, 0.25) is 11.3 Å². The second kappa shape index (κ2) is 9.85. The molecule has 2 aromatic carbocycles. The number of halogens is 2. The molecule has 1 fully saturated rings. The maximum absolute atomic E-state index is 15.0. The molecular formula is C25H25ClFN3O4. The molecule has 0 unspecified atom stereocenters. The Morgan fingerprint density at radius 1 is 1.12 bits per heavy atom. The maximum atomic E-state index is 15.0. The van der Waals surface area contributed by atoms with E-state index in [4.69, 9.17) is 11.6 Å². The van der Waals surface area contributed by atoms with E-state index in [0.29, 0.717) is 61.8 Å². The van der Waals surface area contributed by atoms with E-state index in [1.54, 1.807) is 21.6 Å². The van der Waals surface area contributed by atoms with E-state index in [0.717, 1.165) is 11.6 Å². The molecule has 0 bridgehead atoms. The van der Waals surface area contributed by atoms with Crippen molar-refractivity contribution in [1.82, 2.24) is 9.47 Å². The first kappa shape index (κ1) is 23.8. The molecule has 1 N–H and O–H groups in total. The first-order valence-corrected chi connectivity index (χ1v) is 11.5. The van der Waals surface area contributed by atoms with Gasteiger partial charge in [-0.3, -0.25) is 9.59 Å². The second-order valence-corrected chi connectivity index (χ2v) is 8.65. The van der Waals surface area contributed by atoms with Crippen molar-refractivity contribution < 1.29 is 19.1 Å². The third kappa shape index (κ3) is 4.63. The molecular weight excluding hydrogens is 461 g/mol. The minimum Gasteiger partial charge on any atom is -0.477 e. The molecule has 0 aliphatic carbocycles. The minimum absolute atomic E-state index is 0.0274. The number of anilines is 1. The van der Waals surface area contributed by atoms with Crippen LogP contribution in [0.4, 0.5) is 10.1 Å². The lowest BCUT2D eigenvalue weighted by Gasteiger charge is -2.36. The summed E-state index contributed by atoms with van der Waals surface area (Å²) < 4.78 is 16.7. The number of carbonyl (C=O) groups is 2. The van der Waals surface area contributed by atoms with Crippen LogP contribution in [0.1, 0.15) is 29.3 Å². The number of rotatable bonds is 6. The van der Waals surface area contributed by atoms with E-state index in [1.165, 1.54) is 6.20 Å². The summed E-state index contributed by atoms with van der Waals surface area (Å²) in [5.74, 6) is -1.90. The molecule has 0 radical (unpaired) electrons. The van der Waals surface area contributed by atoms with Crippen LogP contribution >= 0.6 is 11.6 Å². The summed E-state index contributed by atoms with van der Waals surface area (Å²) >= 11 is 6.17. The zero-order valence-corrected chi connectivity index (χ0v) is 19.5. The number of piperazine rings is 1. The van der Waals surface area contributed by atoms with Crippen LogP contribution in [-0.4, -0.2) is 52.6 Å². The molecule has 7 nitrogen and oxygen atoms in total. The van der Waals surface area contributed by atoms with Gasteiger partial charge in [0.1, 0.15) is 11.4 Å². The van der Waals surface area contributed by atoms with E-state index in [-0.39, 0.29) is 16.9 Å². The van der Waals surface area contributed by atoms with Gasteiger partial charge in [-0.25, -0.2) is 9.18 Å². The fourth-order valence-electron chi connectivity index (χ4n) is 4.35. The lowest BCUT2D eigenvalue weighted by molar-refractivity contribution is -0.131. The number of hydrogen-bond acceptors (Lipinski definition) is 4. The number of aryl methyl sites for hydroxylation is 2. The molecule has 0 atom stereocenters. The quantitative estimate of drug-likeness (QED) is 0.574. The van der Waals surface area contributed by atoms with Gasteiger partial charge in [-0.1, -0.05) is 29.8 Å².